The van der Waals surface area contributed by atoms with Crippen molar-refractivity contribution >= 4 is 33.2 Å². The van der Waals surface area contributed by atoms with E-state index >= 15 is 0 Å². The second kappa shape index (κ2) is 7.88. The fourth-order valence-corrected chi connectivity index (χ4v) is 4.42. The number of piperidine rings is 1. The van der Waals surface area contributed by atoms with Crippen LogP contribution in [0.15, 0.2) is 53.4 Å². The van der Waals surface area contributed by atoms with Crippen LogP contribution in [0.3, 0.4) is 0 Å². The second-order valence-corrected chi connectivity index (χ2v) is 8.85. The van der Waals surface area contributed by atoms with Crippen molar-refractivity contribution in [3.63, 3.8) is 0 Å². The van der Waals surface area contributed by atoms with Gasteiger partial charge in [0.1, 0.15) is 0 Å². The standard InChI is InChI=1S/C19H21ClN2O4S/c1-21(14-5-3-2-4-6-14)27(25,26)16-7-8-18(20)17(13-16)19(24)22-11-9-15(23)10-12-22/h2-8,13,15,23H,9-12H2,1H3. The Bertz CT molecular complexity index is 926. The van der Waals surface area contributed by atoms with E-state index in [0.717, 1.165) is 0 Å². The molecule has 3 rings (SSSR count). The molecule has 1 heterocycles. The van der Waals surface area contributed by atoms with Gasteiger partial charge in [0.25, 0.3) is 15.9 Å². The number of rotatable bonds is 4. The van der Waals surface area contributed by atoms with Crippen LogP contribution in [0.4, 0.5) is 5.69 Å². The molecule has 0 bridgehead atoms. The molecule has 1 N–H and O–H groups in total. The maximum atomic E-state index is 13.0. The highest BCUT2D eigenvalue weighted by Gasteiger charge is 2.27. The zero-order valence-electron chi connectivity index (χ0n) is 14.9. The number of halogens is 1. The minimum atomic E-state index is -3.84. The molecule has 1 fully saturated rings. The summed E-state index contributed by atoms with van der Waals surface area (Å²) in [6, 6.07) is 12.8. The Hall–Kier alpha value is -2.09. The smallest absolute Gasteiger partial charge is 0.264 e. The molecule has 0 atom stereocenters. The fourth-order valence-electron chi connectivity index (χ4n) is 3.00. The molecule has 0 aliphatic carbocycles. The molecule has 0 radical (unpaired) electrons. The van der Waals surface area contributed by atoms with Gasteiger partial charge in [0.15, 0.2) is 0 Å². The van der Waals surface area contributed by atoms with E-state index in [1.807, 2.05) is 0 Å². The Morgan fingerprint density at radius 2 is 1.78 bits per heavy atom. The summed E-state index contributed by atoms with van der Waals surface area (Å²) in [5, 5.41) is 9.81. The lowest BCUT2D eigenvalue weighted by molar-refractivity contribution is 0.0546. The second-order valence-electron chi connectivity index (χ2n) is 6.47. The lowest BCUT2D eigenvalue weighted by Crippen LogP contribution is -2.40. The number of sulfonamides is 1. The van der Waals surface area contributed by atoms with E-state index in [4.69, 9.17) is 11.6 Å². The molecule has 144 valence electrons. The molecular formula is C19H21ClN2O4S. The van der Waals surface area contributed by atoms with E-state index in [1.54, 1.807) is 35.2 Å². The van der Waals surface area contributed by atoms with Crippen LogP contribution in [0.25, 0.3) is 0 Å². The van der Waals surface area contributed by atoms with Crippen molar-refractivity contribution in [2.45, 2.75) is 23.8 Å². The largest absolute Gasteiger partial charge is 0.393 e. The average Bonchev–Trinajstić information content (AvgIpc) is 2.68. The van der Waals surface area contributed by atoms with Crippen LogP contribution >= 0.6 is 11.6 Å². The zero-order chi connectivity index (χ0) is 19.6. The van der Waals surface area contributed by atoms with E-state index in [2.05, 4.69) is 0 Å². The summed E-state index contributed by atoms with van der Waals surface area (Å²) < 4.78 is 27.1. The van der Waals surface area contributed by atoms with E-state index in [-0.39, 0.29) is 21.4 Å². The van der Waals surface area contributed by atoms with Gasteiger partial charge in [-0.2, -0.15) is 0 Å². The van der Waals surface area contributed by atoms with Crippen molar-refractivity contribution in [2.24, 2.45) is 0 Å². The summed E-state index contributed by atoms with van der Waals surface area (Å²) in [5.41, 5.74) is 0.668. The summed E-state index contributed by atoms with van der Waals surface area (Å²) >= 11 is 6.18. The van der Waals surface area contributed by atoms with Crippen molar-refractivity contribution in [2.75, 3.05) is 24.4 Å². The number of aliphatic hydroxyl groups is 1. The van der Waals surface area contributed by atoms with Gasteiger partial charge in [0.2, 0.25) is 0 Å². The minimum absolute atomic E-state index is 0.00125. The van der Waals surface area contributed by atoms with E-state index in [9.17, 15) is 18.3 Å². The van der Waals surface area contributed by atoms with Crippen molar-refractivity contribution < 1.29 is 18.3 Å². The zero-order valence-corrected chi connectivity index (χ0v) is 16.4. The van der Waals surface area contributed by atoms with Crippen LogP contribution in [0.5, 0.6) is 0 Å². The normalized spacial score (nSPS) is 15.6. The molecular weight excluding hydrogens is 388 g/mol. The van der Waals surface area contributed by atoms with Gasteiger partial charge in [-0.1, -0.05) is 29.8 Å². The van der Waals surface area contributed by atoms with Gasteiger partial charge in [-0.3, -0.25) is 9.10 Å². The van der Waals surface area contributed by atoms with Gasteiger partial charge in [-0.05, 0) is 43.2 Å². The topological polar surface area (TPSA) is 77.9 Å². The monoisotopic (exact) mass is 408 g/mol. The van der Waals surface area contributed by atoms with Crippen molar-refractivity contribution in [1.82, 2.24) is 4.90 Å². The molecule has 0 aromatic heterocycles. The maximum Gasteiger partial charge on any atom is 0.264 e. The predicted molar refractivity (Wildman–Crippen MR) is 105 cm³/mol. The number of para-hydroxylation sites is 1. The molecule has 0 unspecified atom stereocenters. The number of aliphatic hydroxyl groups excluding tert-OH is 1. The summed E-state index contributed by atoms with van der Waals surface area (Å²) in [4.78, 5) is 14.4. The number of likely N-dealkylation sites (tertiary alicyclic amines) is 1. The van der Waals surface area contributed by atoms with Crippen molar-refractivity contribution in [3.8, 4) is 0 Å². The lowest BCUT2D eigenvalue weighted by Gasteiger charge is -2.30. The molecule has 1 amide bonds. The Kier molecular flexibility index (Phi) is 5.74. The number of amides is 1. The molecule has 1 saturated heterocycles. The van der Waals surface area contributed by atoms with Crippen LogP contribution < -0.4 is 4.31 Å². The average molecular weight is 409 g/mol. The van der Waals surface area contributed by atoms with Crippen molar-refractivity contribution in [1.29, 1.82) is 0 Å². The van der Waals surface area contributed by atoms with Crippen LogP contribution in [0.2, 0.25) is 5.02 Å². The fraction of sp³-hybridized carbons (Fsp3) is 0.316. The number of hydrogen-bond acceptors (Lipinski definition) is 4. The highest BCUT2D eigenvalue weighted by Crippen LogP contribution is 2.27. The molecule has 0 spiro atoms. The number of hydrogen-bond donors (Lipinski definition) is 1. The predicted octanol–water partition coefficient (Wildman–Crippen LogP) is 2.76. The van der Waals surface area contributed by atoms with E-state index in [1.165, 1.54) is 29.6 Å². The Labute approximate surface area is 164 Å². The van der Waals surface area contributed by atoms with Crippen LogP contribution in [-0.2, 0) is 10.0 Å². The van der Waals surface area contributed by atoms with Crippen LogP contribution in [0, 0.1) is 0 Å². The van der Waals surface area contributed by atoms with Gasteiger partial charge < -0.3 is 10.0 Å². The molecule has 1 aliphatic rings. The Morgan fingerprint density at radius 3 is 2.41 bits per heavy atom. The minimum Gasteiger partial charge on any atom is -0.393 e. The first kappa shape index (κ1) is 19.7. The van der Waals surface area contributed by atoms with E-state index < -0.39 is 16.1 Å². The third kappa shape index (κ3) is 4.10. The molecule has 2 aromatic carbocycles. The van der Waals surface area contributed by atoms with Crippen LogP contribution in [-0.4, -0.2) is 50.6 Å². The number of carbonyl (C=O) groups excluding carboxylic acids is 1. The molecule has 27 heavy (non-hydrogen) atoms. The highest BCUT2D eigenvalue weighted by molar-refractivity contribution is 7.92. The molecule has 6 nitrogen and oxygen atoms in total. The Balaban J connectivity index is 1.91. The SMILES string of the molecule is CN(c1ccccc1)S(=O)(=O)c1ccc(Cl)c(C(=O)N2CCC(O)CC2)c1. The van der Waals surface area contributed by atoms with E-state index in [0.29, 0.717) is 31.6 Å². The first-order chi connectivity index (χ1) is 12.8. The molecule has 1 aliphatic heterocycles. The maximum absolute atomic E-state index is 13.0. The molecule has 0 saturated carbocycles. The third-order valence-corrected chi connectivity index (χ3v) is 6.81. The quantitative estimate of drug-likeness (QED) is 0.843. The summed E-state index contributed by atoms with van der Waals surface area (Å²) in [7, 11) is -2.38. The number of nitrogens with zero attached hydrogens (tertiary/aromatic N) is 2. The van der Waals surface area contributed by atoms with Gasteiger partial charge in [-0.25, -0.2) is 8.42 Å². The van der Waals surface area contributed by atoms with Gasteiger partial charge in [0, 0.05) is 20.1 Å². The number of anilines is 1. The molecule has 8 heteroatoms. The van der Waals surface area contributed by atoms with Gasteiger partial charge in [0.05, 0.1) is 27.3 Å². The summed E-state index contributed by atoms with van der Waals surface area (Å²) in [5.74, 6) is -0.327. The highest BCUT2D eigenvalue weighted by atomic mass is 35.5. The Morgan fingerprint density at radius 1 is 1.15 bits per heavy atom. The lowest BCUT2D eigenvalue weighted by atomic mass is 10.1. The van der Waals surface area contributed by atoms with Gasteiger partial charge in [-0.15, -0.1) is 0 Å². The van der Waals surface area contributed by atoms with Crippen LogP contribution in [0.1, 0.15) is 23.2 Å². The number of benzene rings is 2. The first-order valence-corrected chi connectivity index (χ1v) is 10.4. The summed E-state index contributed by atoms with van der Waals surface area (Å²) in [6.45, 7) is 0.828. The van der Waals surface area contributed by atoms with Crippen molar-refractivity contribution in [3.05, 3.63) is 59.1 Å². The number of carbonyl (C=O) groups is 1. The van der Waals surface area contributed by atoms with Gasteiger partial charge >= 0.3 is 0 Å². The first-order valence-electron chi connectivity index (χ1n) is 8.61. The summed E-state index contributed by atoms with van der Waals surface area (Å²) in [6.07, 6.45) is 0.590. The molecule has 2 aromatic rings. The third-order valence-electron chi connectivity index (χ3n) is 4.70.